The van der Waals surface area contributed by atoms with E-state index in [9.17, 15) is 0 Å². The molecule has 2 nitrogen and oxygen atoms in total. The molecule has 20 heavy (non-hydrogen) atoms. The standard InChI is InChI=1S/C17H18N2S/c1-12(18)10-13-6-8-14(9-7-13)11-17-19-15-4-2-3-5-16(15)20-17/h2-9,12H,10-11,18H2,1H3. The fourth-order valence-corrected chi connectivity index (χ4v) is 3.34. The molecule has 0 aliphatic heterocycles. The van der Waals surface area contributed by atoms with Crippen LogP contribution in [0.4, 0.5) is 0 Å². The maximum Gasteiger partial charge on any atom is 0.0982 e. The van der Waals surface area contributed by atoms with Gasteiger partial charge in [-0.2, -0.15) is 0 Å². The fraction of sp³-hybridized carbons (Fsp3) is 0.235. The van der Waals surface area contributed by atoms with Crippen LogP contribution in [0.5, 0.6) is 0 Å². The van der Waals surface area contributed by atoms with Crippen LogP contribution in [-0.2, 0) is 12.8 Å². The van der Waals surface area contributed by atoms with Crippen LogP contribution in [0.2, 0.25) is 0 Å². The highest BCUT2D eigenvalue weighted by Gasteiger charge is 2.04. The first-order valence-corrected chi connectivity index (χ1v) is 7.70. The number of para-hydroxylation sites is 1. The fourth-order valence-electron chi connectivity index (χ4n) is 2.34. The predicted octanol–water partition coefficient (Wildman–Crippen LogP) is 3.78. The largest absolute Gasteiger partial charge is 0.328 e. The lowest BCUT2D eigenvalue weighted by atomic mass is 10.0. The Labute approximate surface area is 123 Å². The van der Waals surface area contributed by atoms with Gasteiger partial charge in [-0.25, -0.2) is 4.98 Å². The molecule has 3 heteroatoms. The Morgan fingerprint density at radius 2 is 1.75 bits per heavy atom. The Bertz CT molecular complexity index is 665. The zero-order valence-electron chi connectivity index (χ0n) is 11.5. The van der Waals surface area contributed by atoms with Crippen LogP contribution in [0.1, 0.15) is 23.1 Å². The normalized spacial score (nSPS) is 12.7. The van der Waals surface area contributed by atoms with E-state index in [-0.39, 0.29) is 6.04 Å². The van der Waals surface area contributed by atoms with Gasteiger partial charge < -0.3 is 5.73 Å². The summed E-state index contributed by atoms with van der Waals surface area (Å²) in [6.45, 7) is 2.04. The molecule has 0 bridgehead atoms. The molecular formula is C17H18N2S. The number of nitrogens with two attached hydrogens (primary N) is 1. The van der Waals surface area contributed by atoms with Gasteiger partial charge in [-0.05, 0) is 36.6 Å². The van der Waals surface area contributed by atoms with E-state index in [1.165, 1.54) is 20.8 Å². The number of thiazole rings is 1. The van der Waals surface area contributed by atoms with E-state index >= 15 is 0 Å². The lowest BCUT2D eigenvalue weighted by Gasteiger charge is -2.05. The summed E-state index contributed by atoms with van der Waals surface area (Å²) in [5, 5.41) is 1.17. The molecule has 2 N–H and O–H groups in total. The molecule has 1 atom stereocenters. The van der Waals surface area contributed by atoms with Gasteiger partial charge >= 0.3 is 0 Å². The van der Waals surface area contributed by atoms with Gasteiger partial charge in [0.15, 0.2) is 0 Å². The summed E-state index contributed by atoms with van der Waals surface area (Å²) in [5.74, 6) is 0. The van der Waals surface area contributed by atoms with Crippen molar-refractivity contribution in [3.8, 4) is 0 Å². The average molecular weight is 282 g/mol. The van der Waals surface area contributed by atoms with Gasteiger partial charge in [0.2, 0.25) is 0 Å². The molecule has 0 saturated heterocycles. The lowest BCUT2D eigenvalue weighted by molar-refractivity contribution is 0.738. The molecule has 102 valence electrons. The lowest BCUT2D eigenvalue weighted by Crippen LogP contribution is -2.17. The zero-order valence-corrected chi connectivity index (χ0v) is 12.4. The summed E-state index contributed by atoms with van der Waals surface area (Å²) < 4.78 is 1.26. The molecule has 0 fully saturated rings. The highest BCUT2D eigenvalue weighted by molar-refractivity contribution is 7.18. The predicted molar refractivity (Wildman–Crippen MR) is 86.2 cm³/mol. The zero-order chi connectivity index (χ0) is 13.9. The third kappa shape index (κ3) is 3.06. The summed E-state index contributed by atoms with van der Waals surface area (Å²) in [6.07, 6.45) is 1.83. The smallest absolute Gasteiger partial charge is 0.0982 e. The number of nitrogens with zero attached hydrogens (tertiary/aromatic N) is 1. The van der Waals surface area contributed by atoms with Gasteiger partial charge in [0.25, 0.3) is 0 Å². The third-order valence-electron chi connectivity index (χ3n) is 3.27. The second kappa shape index (κ2) is 5.73. The Morgan fingerprint density at radius 3 is 2.45 bits per heavy atom. The van der Waals surface area contributed by atoms with E-state index in [0.717, 1.165) is 18.4 Å². The highest BCUT2D eigenvalue weighted by atomic mass is 32.1. The van der Waals surface area contributed by atoms with Crippen LogP contribution >= 0.6 is 11.3 Å². The number of rotatable bonds is 4. The van der Waals surface area contributed by atoms with Gasteiger partial charge in [0.05, 0.1) is 15.2 Å². The molecule has 1 unspecified atom stereocenters. The number of benzene rings is 2. The van der Waals surface area contributed by atoms with Crippen molar-refractivity contribution in [3.63, 3.8) is 0 Å². The van der Waals surface area contributed by atoms with E-state index in [2.05, 4.69) is 47.4 Å². The monoisotopic (exact) mass is 282 g/mol. The minimum Gasteiger partial charge on any atom is -0.328 e. The quantitative estimate of drug-likeness (QED) is 0.791. The minimum absolute atomic E-state index is 0.213. The summed E-state index contributed by atoms with van der Waals surface area (Å²) >= 11 is 1.78. The third-order valence-corrected chi connectivity index (χ3v) is 4.31. The topological polar surface area (TPSA) is 38.9 Å². The molecular weight excluding hydrogens is 264 g/mol. The molecule has 1 heterocycles. The summed E-state index contributed by atoms with van der Waals surface area (Å²) in [4.78, 5) is 4.68. The van der Waals surface area contributed by atoms with Crippen LogP contribution in [0.3, 0.4) is 0 Å². The van der Waals surface area contributed by atoms with E-state index < -0.39 is 0 Å². The van der Waals surface area contributed by atoms with Crippen LogP contribution in [0.25, 0.3) is 10.2 Å². The molecule has 0 aliphatic rings. The van der Waals surface area contributed by atoms with E-state index in [1.54, 1.807) is 11.3 Å². The molecule has 1 aromatic heterocycles. The van der Waals surface area contributed by atoms with Crippen molar-refractivity contribution in [2.45, 2.75) is 25.8 Å². The molecule has 0 aliphatic carbocycles. The van der Waals surface area contributed by atoms with Gasteiger partial charge in [0.1, 0.15) is 0 Å². The van der Waals surface area contributed by atoms with Gasteiger partial charge in [-0.3, -0.25) is 0 Å². The minimum atomic E-state index is 0.213. The molecule has 0 amide bonds. The SMILES string of the molecule is CC(N)Cc1ccc(Cc2nc3ccccc3s2)cc1. The van der Waals surface area contributed by atoms with Crippen LogP contribution in [0.15, 0.2) is 48.5 Å². The molecule has 3 rings (SSSR count). The molecule has 0 radical (unpaired) electrons. The number of aromatic nitrogens is 1. The highest BCUT2D eigenvalue weighted by Crippen LogP contribution is 2.23. The Morgan fingerprint density at radius 1 is 1.05 bits per heavy atom. The van der Waals surface area contributed by atoms with E-state index in [0.29, 0.717) is 0 Å². The van der Waals surface area contributed by atoms with Crippen LogP contribution in [-0.4, -0.2) is 11.0 Å². The van der Waals surface area contributed by atoms with Crippen molar-refractivity contribution in [2.75, 3.05) is 0 Å². The maximum atomic E-state index is 5.82. The second-order valence-electron chi connectivity index (χ2n) is 5.25. The van der Waals surface area contributed by atoms with Gasteiger partial charge in [-0.1, -0.05) is 36.4 Å². The summed E-state index contributed by atoms with van der Waals surface area (Å²) in [7, 11) is 0. The first-order valence-electron chi connectivity index (χ1n) is 6.88. The second-order valence-corrected chi connectivity index (χ2v) is 6.37. The Balaban J connectivity index is 1.76. The first-order chi connectivity index (χ1) is 9.70. The number of hydrogen-bond donors (Lipinski definition) is 1. The Hall–Kier alpha value is -1.71. The molecule has 0 saturated carbocycles. The van der Waals surface area contributed by atoms with Crippen LogP contribution < -0.4 is 5.73 Å². The van der Waals surface area contributed by atoms with Crippen molar-refractivity contribution in [3.05, 3.63) is 64.7 Å². The van der Waals surface area contributed by atoms with Gasteiger partial charge in [0, 0.05) is 12.5 Å². The number of fused-ring (bicyclic) bond motifs is 1. The summed E-state index contributed by atoms with van der Waals surface area (Å²) in [5.41, 5.74) is 9.52. The molecule has 2 aromatic carbocycles. The van der Waals surface area contributed by atoms with Crippen molar-refractivity contribution in [1.29, 1.82) is 0 Å². The first kappa shape index (κ1) is 13.3. The average Bonchev–Trinajstić information content (AvgIpc) is 2.82. The van der Waals surface area contributed by atoms with Gasteiger partial charge in [-0.15, -0.1) is 11.3 Å². The van der Waals surface area contributed by atoms with Crippen molar-refractivity contribution >= 4 is 21.6 Å². The Kier molecular flexibility index (Phi) is 3.81. The maximum absolute atomic E-state index is 5.82. The summed E-state index contributed by atoms with van der Waals surface area (Å²) in [6, 6.07) is 17.2. The number of hydrogen-bond acceptors (Lipinski definition) is 3. The molecule has 3 aromatic rings. The van der Waals surface area contributed by atoms with E-state index in [1.807, 2.05) is 13.0 Å². The van der Waals surface area contributed by atoms with Crippen molar-refractivity contribution in [2.24, 2.45) is 5.73 Å². The van der Waals surface area contributed by atoms with Crippen molar-refractivity contribution in [1.82, 2.24) is 4.98 Å². The van der Waals surface area contributed by atoms with Crippen molar-refractivity contribution < 1.29 is 0 Å². The van der Waals surface area contributed by atoms with Crippen LogP contribution in [0, 0.1) is 0 Å². The van der Waals surface area contributed by atoms with E-state index in [4.69, 9.17) is 5.73 Å². The molecule has 0 spiro atoms.